The van der Waals surface area contributed by atoms with Crippen molar-refractivity contribution in [1.29, 1.82) is 0 Å². The molecular weight excluding hydrogens is 312 g/mol. The van der Waals surface area contributed by atoms with Gasteiger partial charge in [-0.05, 0) is 18.2 Å². The number of benzene rings is 2. The molecule has 0 unspecified atom stereocenters. The predicted molar refractivity (Wildman–Crippen MR) is 88.0 cm³/mol. The minimum Gasteiger partial charge on any atom is -0.493 e. The molecule has 24 heavy (non-hydrogen) atoms. The van der Waals surface area contributed by atoms with E-state index in [0.717, 1.165) is 0 Å². The zero-order valence-electron chi connectivity index (χ0n) is 13.0. The van der Waals surface area contributed by atoms with E-state index in [1.54, 1.807) is 24.3 Å². The van der Waals surface area contributed by atoms with Crippen LogP contribution in [0, 0.1) is 0 Å². The number of ether oxygens (including phenoxy) is 2. The van der Waals surface area contributed by atoms with Gasteiger partial charge in [0.05, 0.1) is 25.2 Å². The van der Waals surface area contributed by atoms with Gasteiger partial charge in [0.25, 0.3) is 0 Å². The van der Waals surface area contributed by atoms with Gasteiger partial charge in [0.1, 0.15) is 11.3 Å². The Morgan fingerprint density at radius 2 is 1.62 bits per heavy atom. The zero-order valence-corrected chi connectivity index (χ0v) is 13.0. The molecule has 0 aliphatic heterocycles. The molecule has 2 aromatic carbocycles. The van der Waals surface area contributed by atoms with Crippen molar-refractivity contribution in [2.45, 2.75) is 0 Å². The van der Waals surface area contributed by atoms with E-state index in [1.165, 1.54) is 32.4 Å². The molecule has 3 rings (SSSR count). The van der Waals surface area contributed by atoms with E-state index in [-0.39, 0.29) is 11.0 Å². The van der Waals surface area contributed by atoms with Gasteiger partial charge in [-0.2, -0.15) is 0 Å². The maximum Gasteiger partial charge on any atom is 0.335 e. The van der Waals surface area contributed by atoms with Gasteiger partial charge in [-0.15, -0.1) is 0 Å². The number of carbonyl (C=O) groups is 1. The summed E-state index contributed by atoms with van der Waals surface area (Å²) >= 11 is 0. The standard InChI is InChI=1S/C18H14O6/c1-22-16-7-12-13(19)8-14(24-15(12)9-17(16)23-2)10-3-5-11(6-4-10)18(20)21/h3-9H,1-2H3,(H,20,21). The lowest BCUT2D eigenvalue weighted by Gasteiger charge is -2.09. The van der Waals surface area contributed by atoms with Crippen LogP contribution >= 0.6 is 0 Å². The molecule has 6 nitrogen and oxygen atoms in total. The van der Waals surface area contributed by atoms with Gasteiger partial charge >= 0.3 is 5.97 Å². The van der Waals surface area contributed by atoms with E-state index in [9.17, 15) is 9.59 Å². The molecule has 0 fully saturated rings. The van der Waals surface area contributed by atoms with Crippen molar-refractivity contribution < 1.29 is 23.8 Å². The fraction of sp³-hybridized carbons (Fsp3) is 0.111. The second kappa shape index (κ2) is 6.08. The van der Waals surface area contributed by atoms with Crippen LogP contribution in [-0.4, -0.2) is 25.3 Å². The molecule has 0 atom stereocenters. The SMILES string of the molecule is COc1cc2oc(-c3ccc(C(=O)O)cc3)cc(=O)c2cc1OC. The van der Waals surface area contributed by atoms with Crippen LogP contribution in [0.1, 0.15) is 10.4 Å². The molecule has 1 heterocycles. The van der Waals surface area contributed by atoms with Crippen LogP contribution in [0.15, 0.2) is 51.7 Å². The summed E-state index contributed by atoms with van der Waals surface area (Å²) in [6.07, 6.45) is 0. The smallest absolute Gasteiger partial charge is 0.335 e. The molecule has 0 amide bonds. The van der Waals surface area contributed by atoms with Crippen molar-refractivity contribution in [3.63, 3.8) is 0 Å². The summed E-state index contributed by atoms with van der Waals surface area (Å²) in [5.41, 5.74) is 0.897. The average Bonchev–Trinajstić information content (AvgIpc) is 2.60. The Labute approximate surface area is 136 Å². The van der Waals surface area contributed by atoms with Gasteiger partial charge in [-0.1, -0.05) is 12.1 Å². The quantitative estimate of drug-likeness (QED) is 0.792. The highest BCUT2D eigenvalue weighted by atomic mass is 16.5. The summed E-state index contributed by atoms with van der Waals surface area (Å²) in [4.78, 5) is 23.3. The molecule has 0 aliphatic rings. The van der Waals surface area contributed by atoms with E-state index in [0.29, 0.717) is 33.8 Å². The number of carboxylic acids is 1. The number of methoxy groups -OCH3 is 2. The van der Waals surface area contributed by atoms with Gasteiger partial charge < -0.3 is 19.0 Å². The molecule has 1 aromatic heterocycles. The second-order valence-corrected chi connectivity index (χ2v) is 5.06. The maximum absolute atomic E-state index is 12.4. The summed E-state index contributed by atoms with van der Waals surface area (Å²) in [7, 11) is 2.99. The van der Waals surface area contributed by atoms with E-state index >= 15 is 0 Å². The van der Waals surface area contributed by atoms with Crippen molar-refractivity contribution in [1.82, 2.24) is 0 Å². The Morgan fingerprint density at radius 3 is 2.21 bits per heavy atom. The van der Waals surface area contributed by atoms with Crippen molar-refractivity contribution in [3.05, 3.63) is 58.3 Å². The minimum atomic E-state index is -1.02. The summed E-state index contributed by atoms with van der Waals surface area (Å²) in [5, 5.41) is 9.31. The first kappa shape index (κ1) is 15.6. The zero-order chi connectivity index (χ0) is 17.3. The van der Waals surface area contributed by atoms with Gasteiger partial charge in [0.2, 0.25) is 0 Å². The summed E-state index contributed by atoms with van der Waals surface area (Å²) < 4.78 is 16.2. The first-order valence-electron chi connectivity index (χ1n) is 7.07. The number of hydrogen-bond acceptors (Lipinski definition) is 5. The van der Waals surface area contributed by atoms with Crippen molar-refractivity contribution in [2.24, 2.45) is 0 Å². The van der Waals surface area contributed by atoms with Crippen LogP contribution in [-0.2, 0) is 0 Å². The summed E-state index contributed by atoms with van der Waals surface area (Å²) in [5.74, 6) is 0.220. The Hall–Kier alpha value is -3.28. The van der Waals surface area contributed by atoms with Crippen LogP contribution in [0.2, 0.25) is 0 Å². The fourth-order valence-corrected chi connectivity index (χ4v) is 2.40. The summed E-state index contributed by atoms with van der Waals surface area (Å²) in [6.45, 7) is 0. The molecule has 6 heteroatoms. The third-order valence-corrected chi connectivity index (χ3v) is 3.65. The van der Waals surface area contributed by atoms with Crippen LogP contribution in [0.4, 0.5) is 0 Å². The number of rotatable bonds is 4. The maximum atomic E-state index is 12.4. The number of carboxylic acid groups (broad SMARTS) is 1. The molecule has 0 saturated carbocycles. The van der Waals surface area contributed by atoms with Gasteiger partial charge in [0, 0.05) is 17.7 Å². The molecule has 0 aliphatic carbocycles. The lowest BCUT2D eigenvalue weighted by molar-refractivity contribution is 0.0697. The van der Waals surface area contributed by atoms with E-state index in [1.807, 2.05) is 0 Å². The highest BCUT2D eigenvalue weighted by molar-refractivity contribution is 5.88. The Bertz CT molecular complexity index is 969. The third-order valence-electron chi connectivity index (χ3n) is 3.65. The molecule has 0 saturated heterocycles. The Balaban J connectivity index is 2.16. The van der Waals surface area contributed by atoms with Crippen molar-refractivity contribution in [3.8, 4) is 22.8 Å². The van der Waals surface area contributed by atoms with Crippen LogP contribution in [0.25, 0.3) is 22.3 Å². The van der Waals surface area contributed by atoms with Gasteiger partial charge in [-0.25, -0.2) is 4.79 Å². The monoisotopic (exact) mass is 326 g/mol. The minimum absolute atomic E-state index is 0.160. The molecule has 0 radical (unpaired) electrons. The molecule has 3 aromatic rings. The van der Waals surface area contributed by atoms with Crippen LogP contribution < -0.4 is 14.9 Å². The number of hydrogen-bond donors (Lipinski definition) is 1. The van der Waals surface area contributed by atoms with E-state index in [4.69, 9.17) is 19.0 Å². The van der Waals surface area contributed by atoms with Crippen molar-refractivity contribution >= 4 is 16.9 Å². The number of fused-ring (bicyclic) bond motifs is 1. The highest BCUT2D eigenvalue weighted by Crippen LogP contribution is 2.32. The second-order valence-electron chi connectivity index (χ2n) is 5.06. The lowest BCUT2D eigenvalue weighted by atomic mass is 10.1. The molecular formula is C18H14O6. The highest BCUT2D eigenvalue weighted by Gasteiger charge is 2.13. The Kier molecular flexibility index (Phi) is 3.95. The van der Waals surface area contributed by atoms with Crippen molar-refractivity contribution in [2.75, 3.05) is 14.2 Å². The first-order valence-corrected chi connectivity index (χ1v) is 7.07. The summed E-state index contributed by atoms with van der Waals surface area (Å²) in [6, 6.07) is 10.6. The average molecular weight is 326 g/mol. The molecule has 0 spiro atoms. The predicted octanol–water partition coefficient (Wildman–Crippen LogP) is 3.18. The van der Waals surface area contributed by atoms with Gasteiger partial charge in [0.15, 0.2) is 16.9 Å². The van der Waals surface area contributed by atoms with E-state index in [2.05, 4.69) is 0 Å². The molecule has 122 valence electrons. The van der Waals surface area contributed by atoms with Crippen LogP contribution in [0.5, 0.6) is 11.5 Å². The Morgan fingerprint density at radius 1 is 1.00 bits per heavy atom. The number of aromatic carboxylic acids is 1. The van der Waals surface area contributed by atoms with E-state index < -0.39 is 5.97 Å². The molecule has 0 bridgehead atoms. The first-order chi connectivity index (χ1) is 11.5. The third kappa shape index (κ3) is 2.69. The largest absolute Gasteiger partial charge is 0.493 e. The molecule has 1 N–H and O–H groups in total. The topological polar surface area (TPSA) is 86.0 Å². The lowest BCUT2D eigenvalue weighted by Crippen LogP contribution is -2.02. The fourth-order valence-electron chi connectivity index (χ4n) is 2.40. The van der Waals surface area contributed by atoms with Gasteiger partial charge in [-0.3, -0.25) is 4.79 Å². The van der Waals surface area contributed by atoms with Crippen LogP contribution in [0.3, 0.4) is 0 Å². The normalized spacial score (nSPS) is 10.6.